The maximum Gasteiger partial charge on any atom is 0.239 e. The number of carbonyl (C=O) groups excluding carboxylic acids is 2. The van der Waals surface area contributed by atoms with E-state index in [4.69, 9.17) is 4.99 Å². The number of fused-ring (bicyclic) bond motifs is 1. The monoisotopic (exact) mass is 454 g/mol. The number of aliphatic imine (C=N–C) groups is 1. The maximum atomic E-state index is 12.4. The lowest BCUT2D eigenvalue weighted by Crippen LogP contribution is -2.39. The van der Waals surface area contributed by atoms with Crippen LogP contribution >= 0.6 is 0 Å². The van der Waals surface area contributed by atoms with Crippen LogP contribution in [-0.4, -0.2) is 41.2 Å². The summed E-state index contributed by atoms with van der Waals surface area (Å²) in [7, 11) is 1.54. The van der Waals surface area contributed by atoms with E-state index in [9.17, 15) is 14.7 Å². The number of nitrogens with one attached hydrogen (secondary N) is 2. The number of likely N-dealkylation sites (N-methyl/N-ethyl adjacent to an activating group) is 1. The summed E-state index contributed by atoms with van der Waals surface area (Å²) in [6.45, 7) is 1.71. The van der Waals surface area contributed by atoms with Crippen LogP contribution in [0.25, 0.3) is 10.9 Å². The molecule has 0 unspecified atom stereocenters. The van der Waals surface area contributed by atoms with Gasteiger partial charge in [-0.25, -0.2) is 4.99 Å². The molecule has 1 heterocycles. The number of hydrogen-bond acceptors (Lipinski definition) is 4. The van der Waals surface area contributed by atoms with Gasteiger partial charge < -0.3 is 20.3 Å². The molecule has 0 bridgehead atoms. The number of hydrogen-bond donors (Lipinski definition) is 3. The summed E-state index contributed by atoms with van der Waals surface area (Å²) in [5.74, 6) is -0.343. The molecule has 34 heavy (non-hydrogen) atoms. The normalized spacial score (nSPS) is 11.4. The zero-order chi connectivity index (χ0) is 24.1. The van der Waals surface area contributed by atoms with Crippen molar-refractivity contribution in [3.05, 3.63) is 90.0 Å². The Hall–Kier alpha value is -4.39. The van der Waals surface area contributed by atoms with E-state index < -0.39 is 0 Å². The predicted octanol–water partition coefficient (Wildman–Crippen LogP) is 4.53. The Balaban J connectivity index is 1.78. The van der Waals surface area contributed by atoms with Crippen LogP contribution in [0.2, 0.25) is 0 Å². The van der Waals surface area contributed by atoms with Gasteiger partial charge in [0.2, 0.25) is 11.8 Å². The first-order valence-corrected chi connectivity index (χ1v) is 11.1. The van der Waals surface area contributed by atoms with Gasteiger partial charge in [-0.2, -0.15) is 0 Å². The topological polar surface area (TPSA) is 97.8 Å². The van der Waals surface area contributed by atoms with E-state index in [1.165, 1.54) is 4.90 Å². The fraction of sp³-hybridized carbons (Fsp3) is 0.148. The third-order valence-corrected chi connectivity index (χ3v) is 5.56. The third-order valence-electron chi connectivity index (χ3n) is 5.56. The fourth-order valence-corrected chi connectivity index (χ4v) is 3.80. The molecule has 0 fully saturated rings. The molecule has 3 aromatic carbocycles. The van der Waals surface area contributed by atoms with Crippen LogP contribution < -0.4 is 10.2 Å². The number of aromatic nitrogens is 1. The van der Waals surface area contributed by atoms with E-state index >= 15 is 0 Å². The predicted molar refractivity (Wildman–Crippen MR) is 135 cm³/mol. The Morgan fingerprint density at radius 3 is 2.32 bits per heavy atom. The number of aromatic amines is 1. The quantitative estimate of drug-likeness (QED) is 0.358. The van der Waals surface area contributed by atoms with Crippen molar-refractivity contribution in [2.75, 3.05) is 18.5 Å². The molecule has 0 aliphatic heterocycles. The molecule has 4 aromatic rings. The smallest absolute Gasteiger partial charge is 0.239 e. The molecule has 7 heteroatoms. The lowest BCUT2D eigenvalue weighted by Gasteiger charge is -2.21. The summed E-state index contributed by atoms with van der Waals surface area (Å²) in [4.78, 5) is 33.7. The van der Waals surface area contributed by atoms with Gasteiger partial charge in [0.25, 0.3) is 0 Å². The van der Waals surface area contributed by atoms with Crippen molar-refractivity contribution >= 4 is 39.8 Å². The number of carbonyl (C=O) groups is 2. The molecule has 1 aromatic heterocycles. The fourth-order valence-electron chi connectivity index (χ4n) is 3.80. The Bertz CT molecular complexity index is 1340. The molecule has 0 aliphatic rings. The Morgan fingerprint density at radius 1 is 0.971 bits per heavy atom. The summed E-state index contributed by atoms with van der Waals surface area (Å²) < 4.78 is 0. The van der Waals surface area contributed by atoms with Gasteiger partial charge in [-0.15, -0.1) is 0 Å². The number of benzene rings is 3. The summed E-state index contributed by atoms with van der Waals surface area (Å²) in [6, 6.07) is 24.5. The summed E-state index contributed by atoms with van der Waals surface area (Å²) in [5.41, 5.74) is 4.18. The maximum absolute atomic E-state index is 12.4. The minimum absolute atomic E-state index is 0.0470. The minimum atomic E-state index is -0.245. The SMILES string of the molecule is CCC(=O)N(CC(=O)NC)c1ccc(N=C(c2ccccc2)c2c(O)[nH]c3ccccc23)cc1. The highest BCUT2D eigenvalue weighted by Crippen LogP contribution is 2.31. The van der Waals surface area contributed by atoms with Crippen LogP contribution in [0, 0.1) is 0 Å². The van der Waals surface area contributed by atoms with Crippen molar-refractivity contribution < 1.29 is 14.7 Å². The van der Waals surface area contributed by atoms with E-state index in [1.54, 1.807) is 38.2 Å². The molecule has 0 saturated carbocycles. The highest BCUT2D eigenvalue weighted by molar-refractivity contribution is 6.21. The number of amides is 2. The molecule has 0 saturated heterocycles. The van der Waals surface area contributed by atoms with Crippen LogP contribution in [0.4, 0.5) is 11.4 Å². The van der Waals surface area contributed by atoms with Crippen LogP contribution in [0.15, 0.2) is 83.9 Å². The van der Waals surface area contributed by atoms with Gasteiger partial charge >= 0.3 is 0 Å². The van der Waals surface area contributed by atoms with E-state index in [1.807, 2.05) is 54.6 Å². The Labute approximate surface area is 197 Å². The van der Waals surface area contributed by atoms with Gasteiger partial charge in [-0.3, -0.25) is 9.59 Å². The van der Waals surface area contributed by atoms with Crippen LogP contribution in [0.5, 0.6) is 5.88 Å². The molecule has 4 rings (SSSR count). The second-order valence-corrected chi connectivity index (χ2v) is 7.74. The highest BCUT2D eigenvalue weighted by atomic mass is 16.3. The van der Waals surface area contributed by atoms with E-state index in [0.717, 1.165) is 16.5 Å². The van der Waals surface area contributed by atoms with E-state index in [-0.39, 0.29) is 30.7 Å². The second kappa shape index (κ2) is 10.0. The summed E-state index contributed by atoms with van der Waals surface area (Å²) in [6.07, 6.45) is 0.287. The molecule has 0 atom stereocenters. The van der Waals surface area contributed by atoms with Crippen LogP contribution in [0.3, 0.4) is 0 Å². The van der Waals surface area contributed by atoms with Gasteiger partial charge in [0.05, 0.1) is 17.0 Å². The first-order chi connectivity index (χ1) is 16.5. The van der Waals surface area contributed by atoms with Crippen molar-refractivity contribution in [1.29, 1.82) is 0 Å². The first kappa shape index (κ1) is 22.8. The van der Waals surface area contributed by atoms with Crippen molar-refractivity contribution in [2.24, 2.45) is 4.99 Å². The number of para-hydroxylation sites is 1. The minimum Gasteiger partial charge on any atom is -0.494 e. The zero-order valence-corrected chi connectivity index (χ0v) is 19.1. The molecular weight excluding hydrogens is 428 g/mol. The molecule has 7 nitrogen and oxygen atoms in total. The Morgan fingerprint density at radius 2 is 1.65 bits per heavy atom. The number of nitrogens with zero attached hydrogens (tertiary/aromatic N) is 2. The average Bonchev–Trinajstić information content (AvgIpc) is 3.21. The molecular formula is C27H26N4O3. The van der Waals surface area contributed by atoms with E-state index in [0.29, 0.717) is 22.6 Å². The van der Waals surface area contributed by atoms with Crippen molar-refractivity contribution in [3.8, 4) is 5.88 Å². The van der Waals surface area contributed by atoms with Gasteiger partial charge in [-0.1, -0.05) is 55.5 Å². The first-order valence-electron chi connectivity index (χ1n) is 11.1. The summed E-state index contributed by atoms with van der Waals surface area (Å²) >= 11 is 0. The second-order valence-electron chi connectivity index (χ2n) is 7.74. The van der Waals surface area contributed by atoms with Crippen LogP contribution in [-0.2, 0) is 9.59 Å². The molecule has 0 spiro atoms. The largest absolute Gasteiger partial charge is 0.494 e. The molecule has 172 valence electrons. The number of H-pyrrole nitrogens is 1. The van der Waals surface area contributed by atoms with Gasteiger partial charge in [-0.05, 0) is 30.3 Å². The zero-order valence-electron chi connectivity index (χ0n) is 19.1. The highest BCUT2D eigenvalue weighted by Gasteiger charge is 2.19. The van der Waals surface area contributed by atoms with Crippen molar-refractivity contribution in [1.82, 2.24) is 10.3 Å². The van der Waals surface area contributed by atoms with Gasteiger partial charge in [0.15, 0.2) is 5.88 Å². The lowest BCUT2D eigenvalue weighted by molar-refractivity contribution is -0.123. The average molecular weight is 455 g/mol. The number of anilines is 1. The lowest BCUT2D eigenvalue weighted by atomic mass is 10.0. The summed E-state index contributed by atoms with van der Waals surface area (Å²) in [5, 5.41) is 14.2. The standard InChI is InChI=1S/C27H26N4O3/c1-3-24(33)31(17-23(32)28-2)20-15-13-19(14-16-20)29-26(18-9-5-4-6-10-18)25-21-11-7-8-12-22(21)30-27(25)34/h4-16,30,34H,3,17H2,1-2H3,(H,28,32). The van der Waals surface area contributed by atoms with Gasteiger partial charge in [0.1, 0.15) is 6.54 Å². The number of rotatable bonds is 7. The van der Waals surface area contributed by atoms with Crippen LogP contribution in [0.1, 0.15) is 24.5 Å². The van der Waals surface area contributed by atoms with Crippen molar-refractivity contribution in [3.63, 3.8) is 0 Å². The van der Waals surface area contributed by atoms with Crippen molar-refractivity contribution in [2.45, 2.75) is 13.3 Å². The molecule has 2 amide bonds. The molecule has 0 aliphatic carbocycles. The van der Waals surface area contributed by atoms with E-state index in [2.05, 4.69) is 10.3 Å². The number of aromatic hydroxyl groups is 1. The Kier molecular flexibility index (Phi) is 6.73. The third kappa shape index (κ3) is 4.68. The molecule has 3 N–H and O–H groups in total. The van der Waals surface area contributed by atoms with Gasteiger partial charge in [0, 0.05) is 35.6 Å². The molecule has 0 radical (unpaired) electrons.